The van der Waals surface area contributed by atoms with Gasteiger partial charge in [-0.2, -0.15) is 0 Å². The first-order valence-corrected chi connectivity index (χ1v) is 13.3. The summed E-state index contributed by atoms with van der Waals surface area (Å²) in [4.78, 5) is 15.2. The summed E-state index contributed by atoms with van der Waals surface area (Å²) in [7, 11) is 1.61. The van der Waals surface area contributed by atoms with Crippen molar-refractivity contribution in [2.24, 2.45) is 0 Å². The maximum Gasteiger partial charge on any atom is 0.410 e. The number of nitrogens with zero attached hydrogens (tertiary/aromatic N) is 1. The molecule has 0 saturated carbocycles. The summed E-state index contributed by atoms with van der Waals surface area (Å²) in [6.45, 7) is 1.40. The average Bonchev–Trinajstić information content (AvgIpc) is 3.25. The molecule has 2 heterocycles. The Morgan fingerprint density at radius 2 is 1.50 bits per heavy atom. The molecule has 6 rings (SSSR count). The fraction of sp³-hybridized carbons (Fsp3) is 0.387. The summed E-state index contributed by atoms with van der Waals surface area (Å²) in [5.74, 6) is 1.32. The number of rotatable bonds is 7. The highest BCUT2D eigenvalue weighted by Gasteiger charge is 2.48. The molecule has 2 atom stereocenters. The number of morpholine rings is 1. The number of aliphatic hydroxyl groups is 1. The molecule has 2 unspecified atom stereocenters. The van der Waals surface area contributed by atoms with Crippen LogP contribution in [0.3, 0.4) is 0 Å². The monoisotopic (exact) mass is 515 g/mol. The predicted octanol–water partition coefficient (Wildman–Crippen LogP) is 5.01. The van der Waals surface area contributed by atoms with E-state index in [1.54, 1.807) is 12.0 Å². The Bertz CT molecular complexity index is 1250. The topological polar surface area (TPSA) is 77.5 Å². The lowest BCUT2D eigenvalue weighted by molar-refractivity contribution is -0.137. The van der Waals surface area contributed by atoms with Crippen LogP contribution in [0.4, 0.5) is 4.79 Å². The van der Waals surface area contributed by atoms with E-state index in [0.717, 1.165) is 0 Å². The molecule has 7 nitrogen and oxygen atoms in total. The van der Waals surface area contributed by atoms with Gasteiger partial charge in [0.2, 0.25) is 0 Å². The van der Waals surface area contributed by atoms with Crippen LogP contribution in [0.1, 0.15) is 36.3 Å². The number of ether oxygens (including phenoxy) is 4. The maximum atomic E-state index is 13.4. The molecule has 198 valence electrons. The molecular formula is C31H33NO6. The van der Waals surface area contributed by atoms with E-state index in [1.807, 2.05) is 48.5 Å². The number of benzene rings is 3. The van der Waals surface area contributed by atoms with Gasteiger partial charge < -0.3 is 24.1 Å². The zero-order chi connectivity index (χ0) is 26.1. The summed E-state index contributed by atoms with van der Waals surface area (Å²) in [5, 5.41) is 11.5. The molecule has 1 aliphatic carbocycles. The van der Waals surface area contributed by atoms with E-state index in [0.29, 0.717) is 50.6 Å². The highest BCUT2D eigenvalue weighted by Crippen LogP contribution is 2.45. The second kappa shape index (κ2) is 10.3. The third-order valence-corrected chi connectivity index (χ3v) is 8.08. The van der Waals surface area contributed by atoms with E-state index in [4.69, 9.17) is 18.9 Å². The summed E-state index contributed by atoms with van der Waals surface area (Å²) >= 11 is 0. The zero-order valence-electron chi connectivity index (χ0n) is 21.5. The zero-order valence-corrected chi connectivity index (χ0v) is 21.5. The van der Waals surface area contributed by atoms with Crippen molar-refractivity contribution in [1.29, 1.82) is 0 Å². The van der Waals surface area contributed by atoms with Crippen molar-refractivity contribution in [2.45, 2.75) is 42.9 Å². The van der Waals surface area contributed by atoms with Crippen molar-refractivity contribution in [3.63, 3.8) is 0 Å². The van der Waals surface area contributed by atoms with Gasteiger partial charge in [-0.1, -0.05) is 60.7 Å². The van der Waals surface area contributed by atoms with Gasteiger partial charge in [0, 0.05) is 12.3 Å². The van der Waals surface area contributed by atoms with Crippen LogP contribution >= 0.6 is 0 Å². The molecule has 2 aliphatic heterocycles. The quantitative estimate of drug-likeness (QED) is 0.477. The Balaban J connectivity index is 1.10. The molecule has 2 bridgehead atoms. The van der Waals surface area contributed by atoms with E-state index >= 15 is 0 Å². The number of carbonyl (C=O) groups is 1. The molecule has 1 N–H and O–H groups in total. The highest BCUT2D eigenvalue weighted by molar-refractivity contribution is 5.79. The van der Waals surface area contributed by atoms with Crippen molar-refractivity contribution in [3.8, 4) is 22.6 Å². The number of para-hydroxylation sites is 2. The van der Waals surface area contributed by atoms with Crippen LogP contribution in [0.5, 0.6) is 11.5 Å². The minimum Gasteiger partial charge on any atom is -0.493 e. The van der Waals surface area contributed by atoms with Crippen molar-refractivity contribution < 1.29 is 28.8 Å². The predicted molar refractivity (Wildman–Crippen MR) is 143 cm³/mol. The SMILES string of the molecule is COc1ccccc1OCCC1(O)CC2COCC(C1)N2C(=O)OCC1c2ccccc2-c2ccccc21. The van der Waals surface area contributed by atoms with Gasteiger partial charge >= 0.3 is 6.09 Å². The van der Waals surface area contributed by atoms with E-state index in [2.05, 4.69) is 24.3 Å². The van der Waals surface area contributed by atoms with E-state index in [1.165, 1.54) is 22.3 Å². The summed E-state index contributed by atoms with van der Waals surface area (Å²) in [5.41, 5.74) is 3.84. The number of amides is 1. The molecule has 0 spiro atoms. The molecule has 2 saturated heterocycles. The highest BCUT2D eigenvalue weighted by atomic mass is 16.6. The largest absolute Gasteiger partial charge is 0.493 e. The molecule has 3 aliphatic rings. The standard InChI is InChI=1S/C31H33NO6/c1-35-28-12-6-7-13-29(28)37-15-14-31(34)16-21-18-36-19-22(17-31)32(21)30(33)38-20-27-25-10-4-2-8-23(25)24-9-3-5-11-26(24)27/h2-13,21-22,27,34H,14-20H2,1H3. The van der Waals surface area contributed by atoms with Crippen LogP contribution < -0.4 is 9.47 Å². The molecule has 2 fully saturated rings. The van der Waals surface area contributed by atoms with Crippen LogP contribution in [-0.4, -0.2) is 67.3 Å². The van der Waals surface area contributed by atoms with Gasteiger partial charge in [-0.15, -0.1) is 0 Å². The van der Waals surface area contributed by atoms with Gasteiger partial charge in [-0.25, -0.2) is 4.79 Å². The Morgan fingerprint density at radius 1 is 0.921 bits per heavy atom. The number of carbonyl (C=O) groups excluding carboxylic acids is 1. The number of fused-ring (bicyclic) bond motifs is 5. The van der Waals surface area contributed by atoms with Crippen molar-refractivity contribution in [1.82, 2.24) is 4.90 Å². The minimum absolute atomic E-state index is 0.0105. The number of hydrogen-bond acceptors (Lipinski definition) is 6. The third kappa shape index (κ3) is 4.61. The Hall–Kier alpha value is -3.55. The lowest BCUT2D eigenvalue weighted by Crippen LogP contribution is -2.63. The van der Waals surface area contributed by atoms with E-state index in [9.17, 15) is 9.90 Å². The molecular weight excluding hydrogens is 482 g/mol. The fourth-order valence-corrected chi connectivity index (χ4v) is 6.33. The van der Waals surface area contributed by atoms with Crippen molar-refractivity contribution in [3.05, 3.63) is 83.9 Å². The molecule has 1 amide bonds. The molecule has 7 heteroatoms. The maximum absolute atomic E-state index is 13.4. The molecule has 0 aromatic heterocycles. The first-order valence-electron chi connectivity index (χ1n) is 13.3. The van der Waals surface area contributed by atoms with Crippen molar-refractivity contribution >= 4 is 6.09 Å². The van der Waals surface area contributed by atoms with E-state index < -0.39 is 5.60 Å². The average molecular weight is 516 g/mol. The number of methoxy groups -OCH3 is 1. The Kier molecular flexibility index (Phi) is 6.72. The smallest absolute Gasteiger partial charge is 0.410 e. The minimum atomic E-state index is -0.943. The summed E-state index contributed by atoms with van der Waals surface area (Å²) in [6.07, 6.45) is 0.959. The van der Waals surface area contributed by atoms with E-state index in [-0.39, 0.29) is 30.7 Å². The van der Waals surface area contributed by atoms with Gasteiger partial charge in [0.05, 0.1) is 44.6 Å². The molecule has 3 aromatic carbocycles. The second-order valence-corrected chi connectivity index (χ2v) is 10.4. The normalized spacial score (nSPS) is 23.9. The third-order valence-electron chi connectivity index (χ3n) is 8.08. The fourth-order valence-electron chi connectivity index (χ4n) is 6.33. The summed E-state index contributed by atoms with van der Waals surface area (Å²) < 4.78 is 23.0. The number of hydrogen-bond donors (Lipinski definition) is 1. The van der Waals surface area contributed by atoms with Gasteiger partial charge in [0.1, 0.15) is 6.61 Å². The van der Waals surface area contributed by atoms with Crippen LogP contribution in [0.15, 0.2) is 72.8 Å². The molecule has 3 aromatic rings. The Morgan fingerprint density at radius 3 is 2.13 bits per heavy atom. The van der Waals surface area contributed by atoms with Crippen LogP contribution in [-0.2, 0) is 9.47 Å². The van der Waals surface area contributed by atoms with Crippen LogP contribution in [0, 0.1) is 0 Å². The van der Waals surface area contributed by atoms with Gasteiger partial charge in [-0.3, -0.25) is 4.90 Å². The van der Waals surface area contributed by atoms with Crippen LogP contribution in [0.25, 0.3) is 11.1 Å². The van der Waals surface area contributed by atoms with Gasteiger partial charge in [0.15, 0.2) is 11.5 Å². The lowest BCUT2D eigenvalue weighted by atomic mass is 9.79. The summed E-state index contributed by atoms with van der Waals surface area (Å²) in [6, 6.07) is 23.6. The van der Waals surface area contributed by atoms with Gasteiger partial charge in [0.25, 0.3) is 0 Å². The molecule has 0 radical (unpaired) electrons. The first kappa shape index (κ1) is 24.8. The second-order valence-electron chi connectivity index (χ2n) is 10.4. The lowest BCUT2D eigenvalue weighted by Gasteiger charge is -2.50. The molecule has 38 heavy (non-hydrogen) atoms. The van der Waals surface area contributed by atoms with Crippen molar-refractivity contribution in [2.75, 3.05) is 33.5 Å². The number of piperidine rings is 1. The Labute approximate surface area is 222 Å². The van der Waals surface area contributed by atoms with Crippen LogP contribution in [0.2, 0.25) is 0 Å². The van der Waals surface area contributed by atoms with Gasteiger partial charge in [-0.05, 0) is 47.2 Å². The first-order chi connectivity index (χ1) is 18.6.